The van der Waals surface area contributed by atoms with Crippen LogP contribution in [0.1, 0.15) is 46.3 Å². The number of carboxylic acids is 2. The van der Waals surface area contributed by atoms with Crippen LogP contribution in [0.2, 0.25) is 0 Å². The number of fused-ring (bicyclic) bond motifs is 1. The maximum absolute atomic E-state index is 11.4. The Labute approximate surface area is 127 Å². The molecule has 0 bridgehead atoms. The number of aromatic carboxylic acids is 1. The van der Waals surface area contributed by atoms with E-state index >= 15 is 0 Å². The minimum Gasteiger partial charge on any atom is -0.481 e. The Balaban J connectivity index is 2.07. The smallest absolute Gasteiger partial charge is 0.356 e. The number of rotatable bonds is 4. The molecule has 0 saturated carbocycles. The standard InChI is InChI=1S/C16H16N2O4/c19-15(20)11-7-4-8-18-12(9-10-5-2-1-3-6-10)17-13(14(11)18)16(21)22/h1-3,5-6,11H,4,7-9H2,(H,19,20)(H,21,22). The summed E-state index contributed by atoms with van der Waals surface area (Å²) >= 11 is 0. The van der Waals surface area contributed by atoms with Crippen LogP contribution in [0.5, 0.6) is 0 Å². The highest BCUT2D eigenvalue weighted by Gasteiger charge is 2.34. The lowest BCUT2D eigenvalue weighted by Gasteiger charge is -2.22. The van der Waals surface area contributed by atoms with E-state index in [-0.39, 0.29) is 5.69 Å². The summed E-state index contributed by atoms with van der Waals surface area (Å²) in [7, 11) is 0. The van der Waals surface area contributed by atoms with Gasteiger partial charge in [-0.05, 0) is 18.4 Å². The Hall–Kier alpha value is -2.63. The Morgan fingerprint density at radius 3 is 2.59 bits per heavy atom. The third kappa shape index (κ3) is 2.47. The molecule has 1 aliphatic rings. The predicted molar refractivity (Wildman–Crippen MR) is 78.0 cm³/mol. The van der Waals surface area contributed by atoms with E-state index in [2.05, 4.69) is 4.98 Å². The molecule has 3 rings (SSSR count). The van der Waals surface area contributed by atoms with Crippen LogP contribution in [0, 0.1) is 0 Å². The molecule has 0 amide bonds. The Morgan fingerprint density at radius 2 is 1.95 bits per heavy atom. The summed E-state index contributed by atoms with van der Waals surface area (Å²) < 4.78 is 1.78. The molecule has 6 nitrogen and oxygen atoms in total. The first kappa shape index (κ1) is 14.3. The minimum atomic E-state index is -1.17. The second-order valence-electron chi connectivity index (χ2n) is 5.41. The van der Waals surface area contributed by atoms with Gasteiger partial charge >= 0.3 is 11.9 Å². The number of carbonyl (C=O) groups is 2. The van der Waals surface area contributed by atoms with Crippen LogP contribution in [0.4, 0.5) is 0 Å². The van der Waals surface area contributed by atoms with Gasteiger partial charge in [0.25, 0.3) is 0 Å². The van der Waals surface area contributed by atoms with Crippen molar-refractivity contribution in [3.8, 4) is 0 Å². The van der Waals surface area contributed by atoms with Crippen LogP contribution in [0.3, 0.4) is 0 Å². The van der Waals surface area contributed by atoms with Crippen LogP contribution in [0.25, 0.3) is 0 Å². The van der Waals surface area contributed by atoms with E-state index in [1.54, 1.807) is 4.57 Å². The summed E-state index contributed by atoms with van der Waals surface area (Å²) in [6.07, 6.45) is 1.65. The normalized spacial score (nSPS) is 17.0. The average Bonchev–Trinajstić information content (AvgIpc) is 2.87. The number of imidazole rings is 1. The Kier molecular flexibility index (Phi) is 3.66. The summed E-state index contributed by atoms with van der Waals surface area (Å²) in [5.41, 5.74) is 1.22. The van der Waals surface area contributed by atoms with Crippen molar-refractivity contribution < 1.29 is 19.8 Å². The highest BCUT2D eigenvalue weighted by Crippen LogP contribution is 2.32. The molecular weight excluding hydrogens is 284 g/mol. The number of nitrogens with zero attached hydrogens (tertiary/aromatic N) is 2. The van der Waals surface area contributed by atoms with E-state index in [0.717, 1.165) is 5.56 Å². The number of hydrogen-bond donors (Lipinski definition) is 2. The molecule has 1 aliphatic heterocycles. The molecule has 0 radical (unpaired) electrons. The van der Waals surface area contributed by atoms with E-state index < -0.39 is 17.9 Å². The SMILES string of the molecule is O=C(O)c1nc(Cc2ccccc2)n2c1C(C(=O)O)CCC2. The number of aromatic nitrogens is 2. The Bertz CT molecular complexity index is 721. The fraction of sp³-hybridized carbons (Fsp3) is 0.312. The lowest BCUT2D eigenvalue weighted by molar-refractivity contribution is -0.139. The van der Waals surface area contributed by atoms with Gasteiger partial charge in [-0.25, -0.2) is 9.78 Å². The molecule has 2 heterocycles. The predicted octanol–water partition coefficient (Wildman–Crippen LogP) is 2.13. The third-order valence-corrected chi connectivity index (χ3v) is 4.00. The van der Waals surface area contributed by atoms with E-state index in [1.807, 2.05) is 30.3 Å². The molecule has 6 heteroatoms. The molecule has 1 atom stereocenters. The molecule has 114 valence electrons. The van der Waals surface area contributed by atoms with Gasteiger partial charge in [-0.1, -0.05) is 30.3 Å². The van der Waals surface area contributed by atoms with Crippen molar-refractivity contribution in [1.29, 1.82) is 0 Å². The summed E-state index contributed by atoms with van der Waals surface area (Å²) in [6.45, 7) is 0.613. The molecule has 0 saturated heterocycles. The largest absolute Gasteiger partial charge is 0.481 e. The monoisotopic (exact) mass is 300 g/mol. The summed E-state index contributed by atoms with van der Waals surface area (Å²) in [6, 6.07) is 9.62. The summed E-state index contributed by atoms with van der Waals surface area (Å²) in [5, 5.41) is 18.7. The van der Waals surface area contributed by atoms with Gasteiger partial charge in [0.2, 0.25) is 0 Å². The van der Waals surface area contributed by atoms with Gasteiger partial charge in [0, 0.05) is 13.0 Å². The molecule has 2 aromatic rings. The zero-order chi connectivity index (χ0) is 15.7. The molecule has 1 aromatic heterocycles. The molecule has 1 unspecified atom stereocenters. The Morgan fingerprint density at radius 1 is 1.23 bits per heavy atom. The van der Waals surface area contributed by atoms with Gasteiger partial charge in [0.15, 0.2) is 5.69 Å². The number of carboxylic acid groups (broad SMARTS) is 2. The molecule has 0 aliphatic carbocycles. The fourth-order valence-corrected chi connectivity index (χ4v) is 3.02. The third-order valence-electron chi connectivity index (χ3n) is 4.00. The molecule has 22 heavy (non-hydrogen) atoms. The van der Waals surface area contributed by atoms with Crippen molar-refractivity contribution in [3.63, 3.8) is 0 Å². The minimum absolute atomic E-state index is 0.127. The maximum Gasteiger partial charge on any atom is 0.356 e. The fourth-order valence-electron chi connectivity index (χ4n) is 3.02. The van der Waals surface area contributed by atoms with Gasteiger partial charge < -0.3 is 14.8 Å². The second-order valence-corrected chi connectivity index (χ2v) is 5.41. The van der Waals surface area contributed by atoms with Gasteiger partial charge in [0.05, 0.1) is 11.6 Å². The van der Waals surface area contributed by atoms with Crippen molar-refractivity contribution in [2.24, 2.45) is 0 Å². The quantitative estimate of drug-likeness (QED) is 0.902. The van der Waals surface area contributed by atoms with Crippen molar-refractivity contribution in [3.05, 3.63) is 53.1 Å². The lowest BCUT2D eigenvalue weighted by atomic mass is 9.94. The molecule has 0 spiro atoms. The molecule has 2 N–H and O–H groups in total. The van der Waals surface area contributed by atoms with Crippen LogP contribution >= 0.6 is 0 Å². The van der Waals surface area contributed by atoms with E-state index in [4.69, 9.17) is 0 Å². The van der Waals surface area contributed by atoms with Gasteiger partial charge in [-0.3, -0.25) is 4.79 Å². The average molecular weight is 300 g/mol. The van der Waals surface area contributed by atoms with Gasteiger partial charge in [-0.2, -0.15) is 0 Å². The maximum atomic E-state index is 11.4. The topological polar surface area (TPSA) is 92.4 Å². The van der Waals surface area contributed by atoms with Crippen LogP contribution in [-0.4, -0.2) is 31.7 Å². The first-order chi connectivity index (χ1) is 10.6. The van der Waals surface area contributed by atoms with Crippen LogP contribution in [0.15, 0.2) is 30.3 Å². The van der Waals surface area contributed by atoms with Crippen molar-refractivity contribution in [2.45, 2.75) is 31.7 Å². The zero-order valence-corrected chi connectivity index (χ0v) is 11.9. The zero-order valence-electron chi connectivity index (χ0n) is 11.9. The van der Waals surface area contributed by atoms with Crippen molar-refractivity contribution in [2.75, 3.05) is 0 Å². The van der Waals surface area contributed by atoms with Crippen molar-refractivity contribution in [1.82, 2.24) is 9.55 Å². The summed E-state index contributed by atoms with van der Waals surface area (Å²) in [4.78, 5) is 27.1. The molecule has 0 fully saturated rings. The summed E-state index contributed by atoms with van der Waals surface area (Å²) in [5.74, 6) is -2.34. The second kappa shape index (κ2) is 5.63. The van der Waals surface area contributed by atoms with Crippen LogP contribution < -0.4 is 0 Å². The lowest BCUT2D eigenvalue weighted by Crippen LogP contribution is -2.24. The molecule has 1 aromatic carbocycles. The highest BCUT2D eigenvalue weighted by molar-refractivity contribution is 5.90. The van der Waals surface area contributed by atoms with Gasteiger partial charge in [-0.15, -0.1) is 0 Å². The number of aliphatic carboxylic acids is 1. The first-order valence-electron chi connectivity index (χ1n) is 7.17. The number of benzene rings is 1. The molecular formula is C16H16N2O4. The number of hydrogen-bond acceptors (Lipinski definition) is 3. The highest BCUT2D eigenvalue weighted by atomic mass is 16.4. The first-order valence-corrected chi connectivity index (χ1v) is 7.17. The van der Waals surface area contributed by atoms with Gasteiger partial charge in [0.1, 0.15) is 5.82 Å². The van der Waals surface area contributed by atoms with E-state index in [0.29, 0.717) is 37.3 Å². The van der Waals surface area contributed by atoms with Crippen molar-refractivity contribution >= 4 is 11.9 Å². The van der Waals surface area contributed by atoms with E-state index in [9.17, 15) is 19.8 Å². The van der Waals surface area contributed by atoms with Crippen LogP contribution in [-0.2, 0) is 17.8 Å². The van der Waals surface area contributed by atoms with E-state index in [1.165, 1.54) is 0 Å².